The van der Waals surface area contributed by atoms with E-state index >= 15 is 0 Å². The fourth-order valence-electron chi connectivity index (χ4n) is 4.59. The smallest absolute Gasteiger partial charge is 0.333 e. The van der Waals surface area contributed by atoms with E-state index in [4.69, 9.17) is 14.3 Å². The highest BCUT2D eigenvalue weighted by molar-refractivity contribution is 7.84. The minimum atomic E-state index is -4.04. The first kappa shape index (κ1) is 21.8. The largest absolute Gasteiger partial charge is 0.393 e. The van der Waals surface area contributed by atoms with Crippen molar-refractivity contribution >= 4 is 37.9 Å². The van der Waals surface area contributed by atoms with E-state index in [1.807, 2.05) is 37.3 Å². The van der Waals surface area contributed by atoms with Crippen LogP contribution >= 0.6 is 0 Å². The number of hydrogen-bond donors (Lipinski definition) is 4. The summed E-state index contributed by atoms with van der Waals surface area (Å²) in [6, 6.07) is 16.1. The Bertz CT molecular complexity index is 1430. The van der Waals surface area contributed by atoms with Crippen LogP contribution in [0.3, 0.4) is 0 Å². The third-order valence-corrected chi connectivity index (χ3v) is 6.56. The van der Waals surface area contributed by atoms with Crippen molar-refractivity contribution in [3.63, 3.8) is 0 Å². The van der Waals surface area contributed by atoms with Crippen molar-refractivity contribution in [2.24, 2.45) is 11.1 Å². The predicted octanol–water partition coefficient (Wildman–Crippen LogP) is 2.86. The second-order valence-electron chi connectivity index (χ2n) is 8.54. The van der Waals surface area contributed by atoms with Crippen molar-refractivity contribution in [2.75, 3.05) is 11.9 Å². The lowest BCUT2D eigenvalue weighted by molar-refractivity contribution is 0.101. The lowest BCUT2D eigenvalue weighted by Gasteiger charge is -2.15. The molecule has 0 saturated heterocycles. The van der Waals surface area contributed by atoms with E-state index < -0.39 is 16.4 Å². The summed E-state index contributed by atoms with van der Waals surface area (Å²) in [7, 11) is -4.04. The predicted molar refractivity (Wildman–Crippen MR) is 127 cm³/mol. The fourth-order valence-corrected chi connectivity index (χ4v) is 4.95. The molecule has 0 radical (unpaired) electrons. The van der Waals surface area contributed by atoms with Crippen LogP contribution in [0.15, 0.2) is 48.5 Å². The molecule has 1 unspecified atom stereocenters. The molecule has 2 heterocycles. The van der Waals surface area contributed by atoms with Crippen molar-refractivity contribution in [1.82, 2.24) is 15.0 Å². The van der Waals surface area contributed by atoms with Crippen LogP contribution in [0.1, 0.15) is 18.5 Å². The van der Waals surface area contributed by atoms with Crippen LogP contribution in [0.4, 0.5) is 5.69 Å². The summed E-state index contributed by atoms with van der Waals surface area (Å²) >= 11 is 0. The number of aryl methyl sites for hydroxylation is 1. The number of hydrogen-bond acceptors (Lipinski definition) is 7. The number of nitrogens with two attached hydrogens (primary N) is 1. The average molecular weight is 468 g/mol. The van der Waals surface area contributed by atoms with Crippen LogP contribution in [-0.2, 0) is 14.5 Å². The lowest BCUT2D eigenvalue weighted by atomic mass is 10.0. The molecule has 0 amide bonds. The molecule has 4 aromatic rings. The molecule has 0 aliphatic heterocycles. The number of nitrogens with zero attached hydrogens (tertiary/aromatic N) is 2. The van der Waals surface area contributed by atoms with E-state index in [0.717, 1.165) is 39.1 Å². The number of nitrogens with one attached hydrogen (secondary N) is 2. The van der Waals surface area contributed by atoms with Gasteiger partial charge in [-0.15, -0.1) is 0 Å². The minimum Gasteiger partial charge on any atom is -0.393 e. The topological polar surface area (TPSA) is 143 Å². The molecular formula is C23H25N5O4S. The first-order chi connectivity index (χ1) is 15.8. The molecular weight excluding hydrogens is 442 g/mol. The van der Waals surface area contributed by atoms with Crippen molar-refractivity contribution in [3.8, 4) is 11.4 Å². The molecule has 0 spiro atoms. The highest BCUT2D eigenvalue weighted by atomic mass is 32.2. The molecule has 10 heteroatoms. The molecule has 1 aliphatic carbocycles. The molecule has 0 bridgehead atoms. The summed E-state index contributed by atoms with van der Waals surface area (Å²) in [6.45, 7) is 1.77. The van der Waals surface area contributed by atoms with Gasteiger partial charge in [0.2, 0.25) is 0 Å². The zero-order valence-electron chi connectivity index (χ0n) is 18.0. The second-order valence-corrected chi connectivity index (χ2v) is 9.76. The lowest BCUT2D eigenvalue weighted by Crippen LogP contribution is -2.24. The maximum Gasteiger partial charge on any atom is 0.333 e. The number of aliphatic hydroxyl groups excluding tert-OH is 1. The number of pyridine rings is 1. The molecule has 33 heavy (non-hydrogen) atoms. The maximum absolute atomic E-state index is 11.1. The number of fused-ring (bicyclic) bond motifs is 2. The van der Waals surface area contributed by atoms with Gasteiger partial charge >= 0.3 is 10.3 Å². The summed E-state index contributed by atoms with van der Waals surface area (Å²) in [5.41, 5.74) is 4.02. The van der Waals surface area contributed by atoms with Gasteiger partial charge in [0.05, 0.1) is 18.4 Å². The molecule has 5 N–H and O–H groups in total. The Morgan fingerprint density at radius 2 is 1.97 bits per heavy atom. The Hall–Kier alpha value is -3.05. The van der Waals surface area contributed by atoms with Gasteiger partial charge in [-0.1, -0.05) is 42.5 Å². The summed E-state index contributed by atoms with van der Waals surface area (Å²) in [6.07, 6.45) is 0.325. The first-order valence-electron chi connectivity index (χ1n) is 10.7. The van der Waals surface area contributed by atoms with Gasteiger partial charge in [0.15, 0.2) is 5.65 Å². The van der Waals surface area contributed by atoms with Crippen LogP contribution in [0.2, 0.25) is 0 Å². The van der Waals surface area contributed by atoms with E-state index in [9.17, 15) is 13.5 Å². The number of aromatic nitrogens is 3. The highest BCUT2D eigenvalue weighted by Crippen LogP contribution is 2.33. The van der Waals surface area contributed by atoms with Crippen molar-refractivity contribution in [1.29, 1.82) is 0 Å². The molecule has 1 fully saturated rings. The van der Waals surface area contributed by atoms with Gasteiger partial charge in [-0.2, -0.15) is 8.42 Å². The molecule has 5 rings (SSSR count). The van der Waals surface area contributed by atoms with Gasteiger partial charge in [-0.3, -0.25) is 4.18 Å². The van der Waals surface area contributed by atoms with Crippen LogP contribution in [0.5, 0.6) is 0 Å². The van der Waals surface area contributed by atoms with Crippen LogP contribution in [0, 0.1) is 12.8 Å². The summed E-state index contributed by atoms with van der Waals surface area (Å²) < 4.78 is 26.9. The third kappa shape index (κ3) is 4.55. The quantitative estimate of drug-likeness (QED) is 0.341. The Morgan fingerprint density at radius 1 is 1.18 bits per heavy atom. The number of imidazole rings is 1. The number of aromatic amines is 1. The first-order valence-corrected chi connectivity index (χ1v) is 12.2. The molecule has 9 nitrogen and oxygen atoms in total. The Kier molecular flexibility index (Phi) is 5.53. The van der Waals surface area contributed by atoms with Crippen LogP contribution in [-0.4, -0.2) is 47.2 Å². The number of rotatable bonds is 6. The zero-order valence-corrected chi connectivity index (χ0v) is 18.8. The number of benzene rings is 2. The Morgan fingerprint density at radius 3 is 2.79 bits per heavy atom. The zero-order chi connectivity index (χ0) is 23.2. The molecule has 1 saturated carbocycles. The van der Waals surface area contributed by atoms with Gasteiger partial charge < -0.3 is 15.4 Å². The van der Waals surface area contributed by atoms with Gasteiger partial charge in [0.25, 0.3) is 0 Å². The summed E-state index contributed by atoms with van der Waals surface area (Å²) in [4.78, 5) is 12.8. The average Bonchev–Trinajstić information content (AvgIpc) is 3.34. The highest BCUT2D eigenvalue weighted by Gasteiger charge is 2.34. The molecule has 3 atom stereocenters. The SMILES string of the molecule is Cc1cc(N[C@@H]2CC(COS(N)(=O)=O)[C@@H](O)C2)c2[nH]c(-c3cccc4ccccc34)nc2n1. The van der Waals surface area contributed by atoms with Crippen molar-refractivity contribution < 1.29 is 17.7 Å². The number of H-pyrrole nitrogens is 1. The van der Waals surface area contributed by atoms with E-state index in [2.05, 4.69) is 33.5 Å². The summed E-state index contributed by atoms with van der Waals surface area (Å²) in [5.74, 6) is 0.404. The Balaban J connectivity index is 1.44. The van der Waals surface area contributed by atoms with Crippen LogP contribution in [0.25, 0.3) is 33.3 Å². The van der Waals surface area contributed by atoms with Gasteiger partial charge in [0, 0.05) is 23.2 Å². The molecule has 2 aromatic heterocycles. The Labute approximate surface area is 191 Å². The molecule has 172 valence electrons. The van der Waals surface area contributed by atoms with Crippen LogP contribution < -0.4 is 10.5 Å². The van der Waals surface area contributed by atoms with E-state index in [1.165, 1.54) is 0 Å². The monoisotopic (exact) mass is 467 g/mol. The normalized spacial score (nSPS) is 21.1. The van der Waals surface area contributed by atoms with Gasteiger partial charge in [-0.25, -0.2) is 15.1 Å². The fraction of sp³-hybridized carbons (Fsp3) is 0.304. The van der Waals surface area contributed by atoms with Gasteiger partial charge in [0.1, 0.15) is 11.3 Å². The minimum absolute atomic E-state index is 0.0663. The molecule has 1 aliphatic rings. The summed E-state index contributed by atoms with van der Waals surface area (Å²) in [5, 5.41) is 21.0. The van der Waals surface area contributed by atoms with E-state index in [0.29, 0.717) is 18.5 Å². The van der Waals surface area contributed by atoms with Crippen molar-refractivity contribution in [2.45, 2.75) is 31.9 Å². The van der Waals surface area contributed by atoms with E-state index in [-0.39, 0.29) is 18.6 Å². The maximum atomic E-state index is 11.1. The van der Waals surface area contributed by atoms with E-state index in [1.54, 1.807) is 0 Å². The number of anilines is 1. The standard InChI is InChI=1S/C23H25N5O4S/c1-13-9-19(26-16-10-15(20(29)11-16)12-32-33(24,30)31)21-23(25-13)28-22(27-21)18-8-4-6-14-5-2-3-7-17(14)18/h2-9,15-16,20,29H,10-12H2,1H3,(H2,24,30,31)(H2,25,26,27,28)/t15?,16-,20+/m1/s1. The second kappa shape index (κ2) is 8.38. The number of aliphatic hydroxyl groups is 1. The van der Waals surface area contributed by atoms with Crippen molar-refractivity contribution in [3.05, 3.63) is 54.2 Å². The van der Waals surface area contributed by atoms with Gasteiger partial charge in [-0.05, 0) is 36.6 Å². The molecule has 2 aromatic carbocycles. The third-order valence-electron chi connectivity index (χ3n) is 6.10.